The van der Waals surface area contributed by atoms with Crippen molar-refractivity contribution in [3.8, 4) is 5.75 Å². The van der Waals surface area contributed by atoms with Crippen molar-refractivity contribution in [2.24, 2.45) is 0 Å². The second kappa shape index (κ2) is 7.62. The fourth-order valence-electron chi connectivity index (χ4n) is 2.39. The zero-order valence-electron chi connectivity index (χ0n) is 11.0. The molecule has 0 aromatic heterocycles. The van der Waals surface area contributed by atoms with Crippen LogP contribution in [0.1, 0.15) is 32.1 Å². The Morgan fingerprint density at radius 2 is 1.89 bits per heavy atom. The Morgan fingerprint density at radius 3 is 2.53 bits per heavy atom. The van der Waals surface area contributed by atoms with Crippen LogP contribution in [-0.4, -0.2) is 28.0 Å². The summed E-state index contributed by atoms with van der Waals surface area (Å²) in [6.07, 6.45) is 6.55. The molecule has 1 aliphatic rings. The zero-order valence-corrected chi connectivity index (χ0v) is 11.8. The number of hydrogen-bond acceptors (Lipinski definition) is 4. The van der Waals surface area contributed by atoms with E-state index in [-0.39, 0.29) is 4.90 Å². The van der Waals surface area contributed by atoms with Gasteiger partial charge in [0.15, 0.2) is 0 Å². The third-order valence-corrected chi connectivity index (χ3v) is 4.08. The number of benzene rings is 1. The summed E-state index contributed by atoms with van der Waals surface area (Å²) >= 11 is -2.17. The fourth-order valence-corrected chi connectivity index (χ4v) is 2.74. The molecule has 1 unspecified atom stereocenters. The van der Waals surface area contributed by atoms with E-state index in [1.54, 1.807) is 24.3 Å². The summed E-state index contributed by atoms with van der Waals surface area (Å²) in [4.78, 5) is 0.285. The molecule has 106 valence electrons. The van der Waals surface area contributed by atoms with Crippen molar-refractivity contribution in [3.63, 3.8) is 0 Å². The van der Waals surface area contributed by atoms with Gasteiger partial charge in [-0.3, -0.25) is 4.21 Å². The Kier molecular flexibility index (Phi) is 5.82. The van der Waals surface area contributed by atoms with E-state index in [1.165, 1.54) is 32.1 Å². The predicted octanol–water partition coefficient (Wildman–Crippen LogP) is 2.23. The van der Waals surface area contributed by atoms with Crippen LogP contribution in [0.15, 0.2) is 29.2 Å². The minimum atomic E-state index is -2.17. The summed E-state index contributed by atoms with van der Waals surface area (Å²) in [7, 11) is 0. The highest BCUT2D eigenvalue weighted by Crippen LogP contribution is 2.17. The molecule has 0 heterocycles. The van der Waals surface area contributed by atoms with Crippen LogP contribution < -0.4 is 10.1 Å². The molecular weight excluding hydrogens is 262 g/mol. The maximum absolute atomic E-state index is 10.7. The molecule has 0 aliphatic heterocycles. The first kappa shape index (κ1) is 14.5. The normalized spacial score (nSPS) is 18.2. The lowest BCUT2D eigenvalue weighted by atomic mass is 9.96. The van der Waals surface area contributed by atoms with Gasteiger partial charge in [-0.2, -0.15) is 0 Å². The summed E-state index contributed by atoms with van der Waals surface area (Å²) in [6, 6.07) is 7.11. The van der Waals surface area contributed by atoms with E-state index in [2.05, 4.69) is 5.32 Å². The fraction of sp³-hybridized carbons (Fsp3) is 0.571. The standard InChI is InChI=1S/C14H21NO3S/c16-19(17)14-8-6-13(7-9-14)18-11-10-15-12-4-2-1-3-5-12/h6-9,12,15H,1-5,10-11H2,(H,16,17)/p-1. The molecule has 1 aromatic rings. The average Bonchev–Trinajstić information content (AvgIpc) is 2.45. The van der Waals surface area contributed by atoms with E-state index in [4.69, 9.17) is 4.74 Å². The molecular formula is C14H20NO3S-. The Hall–Kier alpha value is -0.910. The third-order valence-electron chi connectivity index (χ3n) is 3.43. The van der Waals surface area contributed by atoms with Gasteiger partial charge >= 0.3 is 0 Å². The summed E-state index contributed by atoms with van der Waals surface area (Å²) in [5, 5.41) is 3.50. The number of rotatable bonds is 6. The maximum atomic E-state index is 10.7. The topological polar surface area (TPSA) is 61.4 Å². The van der Waals surface area contributed by atoms with E-state index in [0.717, 1.165) is 6.54 Å². The highest BCUT2D eigenvalue weighted by Gasteiger charge is 2.11. The van der Waals surface area contributed by atoms with Crippen LogP contribution in [0.2, 0.25) is 0 Å². The smallest absolute Gasteiger partial charge is 0.119 e. The molecule has 2 rings (SSSR count). The van der Waals surface area contributed by atoms with Gasteiger partial charge < -0.3 is 14.6 Å². The van der Waals surface area contributed by atoms with Crippen LogP contribution in [0.4, 0.5) is 0 Å². The van der Waals surface area contributed by atoms with Crippen molar-refractivity contribution < 1.29 is 13.5 Å². The van der Waals surface area contributed by atoms with Gasteiger partial charge in [0.05, 0.1) is 0 Å². The van der Waals surface area contributed by atoms with Crippen LogP contribution in [-0.2, 0) is 11.1 Å². The van der Waals surface area contributed by atoms with Gasteiger partial charge in [0.1, 0.15) is 12.4 Å². The van der Waals surface area contributed by atoms with Gasteiger partial charge in [-0.1, -0.05) is 19.3 Å². The quantitative estimate of drug-likeness (QED) is 0.642. The molecule has 0 saturated heterocycles. The molecule has 0 spiro atoms. The Labute approximate surface area is 116 Å². The van der Waals surface area contributed by atoms with Crippen molar-refractivity contribution in [3.05, 3.63) is 24.3 Å². The van der Waals surface area contributed by atoms with Gasteiger partial charge in [-0.15, -0.1) is 0 Å². The van der Waals surface area contributed by atoms with E-state index < -0.39 is 11.1 Å². The summed E-state index contributed by atoms with van der Waals surface area (Å²) in [5.41, 5.74) is 0. The number of nitrogens with one attached hydrogen (secondary N) is 1. The van der Waals surface area contributed by atoms with E-state index in [0.29, 0.717) is 18.4 Å². The lowest BCUT2D eigenvalue weighted by molar-refractivity contribution is 0.289. The van der Waals surface area contributed by atoms with Gasteiger partial charge in [0, 0.05) is 17.5 Å². The van der Waals surface area contributed by atoms with Gasteiger partial charge in [0.2, 0.25) is 0 Å². The second-order valence-corrected chi connectivity index (χ2v) is 5.78. The monoisotopic (exact) mass is 282 g/mol. The van der Waals surface area contributed by atoms with Gasteiger partial charge in [-0.25, -0.2) is 0 Å². The Morgan fingerprint density at radius 1 is 1.21 bits per heavy atom. The van der Waals surface area contributed by atoms with Crippen molar-refractivity contribution in [2.45, 2.75) is 43.0 Å². The van der Waals surface area contributed by atoms with Crippen molar-refractivity contribution in [1.29, 1.82) is 0 Å². The van der Waals surface area contributed by atoms with E-state index >= 15 is 0 Å². The molecule has 19 heavy (non-hydrogen) atoms. The lowest BCUT2D eigenvalue weighted by Crippen LogP contribution is -2.34. The minimum Gasteiger partial charge on any atom is -0.768 e. The molecule has 5 heteroatoms. The summed E-state index contributed by atoms with van der Waals surface area (Å²) in [5.74, 6) is 0.708. The third kappa shape index (κ3) is 4.93. The van der Waals surface area contributed by atoms with Crippen molar-refractivity contribution in [1.82, 2.24) is 5.32 Å². The van der Waals surface area contributed by atoms with E-state index in [1.807, 2.05) is 0 Å². The predicted molar refractivity (Wildman–Crippen MR) is 74.0 cm³/mol. The molecule has 1 aliphatic carbocycles. The largest absolute Gasteiger partial charge is 0.768 e. The molecule has 1 N–H and O–H groups in total. The molecule has 1 fully saturated rings. The van der Waals surface area contributed by atoms with Crippen molar-refractivity contribution in [2.75, 3.05) is 13.2 Å². The highest BCUT2D eigenvalue weighted by molar-refractivity contribution is 7.79. The van der Waals surface area contributed by atoms with Crippen LogP contribution in [0.5, 0.6) is 5.75 Å². The van der Waals surface area contributed by atoms with Crippen LogP contribution in [0, 0.1) is 0 Å². The first-order valence-electron chi connectivity index (χ1n) is 6.81. The molecule has 0 bridgehead atoms. The number of hydrogen-bond donors (Lipinski definition) is 1. The van der Waals surface area contributed by atoms with E-state index in [9.17, 15) is 8.76 Å². The summed E-state index contributed by atoms with van der Waals surface area (Å²) in [6.45, 7) is 1.44. The molecule has 1 atom stereocenters. The lowest BCUT2D eigenvalue weighted by Gasteiger charge is -2.22. The van der Waals surface area contributed by atoms with Crippen molar-refractivity contribution >= 4 is 11.1 Å². The second-order valence-electron chi connectivity index (χ2n) is 4.84. The Balaban J connectivity index is 1.66. The highest BCUT2D eigenvalue weighted by atomic mass is 32.2. The maximum Gasteiger partial charge on any atom is 0.119 e. The van der Waals surface area contributed by atoms with Gasteiger partial charge in [0.25, 0.3) is 0 Å². The first-order valence-corrected chi connectivity index (χ1v) is 7.89. The van der Waals surface area contributed by atoms with Crippen LogP contribution >= 0.6 is 0 Å². The molecule has 4 nitrogen and oxygen atoms in total. The molecule has 1 saturated carbocycles. The zero-order chi connectivity index (χ0) is 13.5. The Bertz CT molecular complexity index is 402. The van der Waals surface area contributed by atoms with Gasteiger partial charge in [-0.05, 0) is 48.2 Å². The van der Waals surface area contributed by atoms with Crippen LogP contribution in [0.3, 0.4) is 0 Å². The number of ether oxygens (including phenoxy) is 1. The molecule has 0 radical (unpaired) electrons. The average molecular weight is 282 g/mol. The minimum absolute atomic E-state index is 0.285. The SMILES string of the molecule is O=S([O-])c1ccc(OCCNC2CCCCC2)cc1. The summed E-state index contributed by atoms with van der Waals surface area (Å²) < 4.78 is 27.0. The molecule has 0 amide bonds. The molecule has 1 aromatic carbocycles. The first-order chi connectivity index (χ1) is 9.25. The van der Waals surface area contributed by atoms with Crippen LogP contribution in [0.25, 0.3) is 0 Å².